The lowest BCUT2D eigenvalue weighted by atomic mass is 10.3. The Hall–Kier alpha value is -2.83. The van der Waals surface area contributed by atoms with E-state index in [9.17, 15) is 14.4 Å². The van der Waals surface area contributed by atoms with Crippen molar-refractivity contribution in [3.05, 3.63) is 42.0 Å². The minimum absolute atomic E-state index is 0.0849. The van der Waals surface area contributed by atoms with Crippen LogP contribution in [0.1, 0.15) is 5.76 Å². The number of allylic oxidation sites excluding steroid dienone is 2. The van der Waals surface area contributed by atoms with Gasteiger partial charge in [0.05, 0.1) is 13.4 Å². The molecule has 1 fully saturated rings. The van der Waals surface area contributed by atoms with E-state index in [-0.39, 0.29) is 5.70 Å². The molecule has 1 aliphatic rings. The summed E-state index contributed by atoms with van der Waals surface area (Å²) >= 11 is 0. The lowest BCUT2D eigenvalue weighted by molar-refractivity contribution is -0.143. The summed E-state index contributed by atoms with van der Waals surface area (Å²) in [7, 11) is 1.18. The number of furan rings is 1. The topological polar surface area (TPSA) is 88.8 Å². The van der Waals surface area contributed by atoms with Crippen molar-refractivity contribution in [1.29, 1.82) is 0 Å². The smallest absolute Gasteiger partial charge is 0.329 e. The van der Waals surface area contributed by atoms with Crippen molar-refractivity contribution in [2.75, 3.05) is 13.7 Å². The lowest BCUT2D eigenvalue weighted by Gasteiger charge is -2.08. The van der Waals surface area contributed by atoms with Crippen LogP contribution in [0.4, 0.5) is 4.79 Å². The van der Waals surface area contributed by atoms with Crippen LogP contribution in [0.15, 0.2) is 40.7 Å². The molecule has 0 saturated carbocycles. The van der Waals surface area contributed by atoms with Crippen LogP contribution in [0.2, 0.25) is 0 Å². The van der Waals surface area contributed by atoms with E-state index in [1.807, 2.05) is 0 Å². The van der Waals surface area contributed by atoms with E-state index >= 15 is 0 Å². The van der Waals surface area contributed by atoms with Crippen molar-refractivity contribution in [2.45, 2.75) is 0 Å². The first kappa shape index (κ1) is 13.6. The molecule has 7 heteroatoms. The van der Waals surface area contributed by atoms with Gasteiger partial charge in [-0.05, 0) is 24.3 Å². The number of carbonyl (C=O) groups excluding carboxylic acids is 3. The molecule has 1 aromatic rings. The number of nitrogens with one attached hydrogen (secondary N) is 1. The fraction of sp³-hybridized carbons (Fsp3) is 0.154. The number of amides is 3. The van der Waals surface area contributed by atoms with E-state index in [1.165, 1.54) is 19.4 Å². The van der Waals surface area contributed by atoms with E-state index in [2.05, 4.69) is 10.1 Å². The molecule has 1 aromatic heterocycles. The maximum Gasteiger partial charge on any atom is 0.329 e. The van der Waals surface area contributed by atoms with Crippen molar-refractivity contribution < 1.29 is 23.5 Å². The van der Waals surface area contributed by atoms with Crippen molar-refractivity contribution in [3.8, 4) is 0 Å². The first-order chi connectivity index (χ1) is 9.61. The van der Waals surface area contributed by atoms with Crippen LogP contribution in [0, 0.1) is 0 Å². The van der Waals surface area contributed by atoms with Gasteiger partial charge in [-0.15, -0.1) is 0 Å². The predicted molar refractivity (Wildman–Crippen MR) is 68.1 cm³/mol. The summed E-state index contributed by atoms with van der Waals surface area (Å²) in [5.41, 5.74) is 0.0849. The van der Waals surface area contributed by atoms with Gasteiger partial charge in [-0.1, -0.05) is 6.08 Å². The molecule has 0 spiro atoms. The lowest BCUT2D eigenvalue weighted by Crippen LogP contribution is -2.36. The second-order valence-corrected chi connectivity index (χ2v) is 3.85. The molecule has 2 rings (SSSR count). The van der Waals surface area contributed by atoms with Crippen molar-refractivity contribution in [3.63, 3.8) is 0 Å². The molecular weight excluding hydrogens is 264 g/mol. The third-order valence-corrected chi connectivity index (χ3v) is 2.54. The van der Waals surface area contributed by atoms with Gasteiger partial charge in [0, 0.05) is 0 Å². The Morgan fingerprint density at radius 3 is 2.95 bits per heavy atom. The summed E-state index contributed by atoms with van der Waals surface area (Å²) in [6, 6.07) is 2.82. The molecule has 0 aromatic carbocycles. The molecule has 0 radical (unpaired) electrons. The average molecular weight is 276 g/mol. The highest BCUT2D eigenvalue weighted by Gasteiger charge is 2.34. The summed E-state index contributed by atoms with van der Waals surface area (Å²) in [6.45, 7) is -0.416. The Kier molecular flexibility index (Phi) is 3.99. The Labute approximate surface area is 114 Å². The second-order valence-electron chi connectivity index (χ2n) is 3.85. The van der Waals surface area contributed by atoms with E-state index in [1.54, 1.807) is 24.3 Å². The zero-order valence-corrected chi connectivity index (χ0v) is 10.7. The molecule has 0 aliphatic carbocycles. The quantitative estimate of drug-likeness (QED) is 0.501. The van der Waals surface area contributed by atoms with E-state index in [4.69, 9.17) is 4.42 Å². The number of methoxy groups -OCH3 is 1. The van der Waals surface area contributed by atoms with Gasteiger partial charge in [0.2, 0.25) is 0 Å². The SMILES string of the molecule is COC(=O)CN1C(=O)N/C(=C/C=C/c2ccco2)C1=O. The Morgan fingerprint density at radius 1 is 1.50 bits per heavy atom. The summed E-state index contributed by atoms with van der Waals surface area (Å²) in [5, 5.41) is 2.37. The van der Waals surface area contributed by atoms with Crippen molar-refractivity contribution in [1.82, 2.24) is 10.2 Å². The molecule has 3 amide bonds. The third kappa shape index (κ3) is 2.94. The Balaban J connectivity index is 2.05. The van der Waals surface area contributed by atoms with Crippen molar-refractivity contribution in [2.24, 2.45) is 0 Å². The molecule has 0 bridgehead atoms. The minimum atomic E-state index is -0.666. The molecule has 7 nitrogen and oxygen atoms in total. The van der Waals surface area contributed by atoms with Crippen LogP contribution in [-0.4, -0.2) is 36.5 Å². The normalized spacial score (nSPS) is 17.1. The first-order valence-corrected chi connectivity index (χ1v) is 5.73. The van der Waals surface area contributed by atoms with Gasteiger partial charge in [-0.2, -0.15) is 0 Å². The Bertz CT molecular complexity index is 586. The number of rotatable bonds is 4. The standard InChI is InChI=1S/C13H12N2O5/c1-19-11(16)8-15-12(17)10(14-13(15)18)6-2-4-9-5-3-7-20-9/h2-7H,8H2,1H3,(H,14,18)/b4-2+,10-6+. The maximum absolute atomic E-state index is 11.9. The first-order valence-electron chi connectivity index (χ1n) is 5.73. The number of urea groups is 1. The monoisotopic (exact) mass is 276 g/mol. The zero-order valence-electron chi connectivity index (χ0n) is 10.7. The number of nitrogens with zero attached hydrogens (tertiary/aromatic N) is 1. The van der Waals surface area contributed by atoms with Crippen LogP contribution in [0.3, 0.4) is 0 Å². The molecule has 1 saturated heterocycles. The second kappa shape index (κ2) is 5.87. The molecule has 0 atom stereocenters. The number of carbonyl (C=O) groups is 3. The van der Waals surface area contributed by atoms with Gasteiger partial charge in [0.15, 0.2) is 0 Å². The number of hydrogen-bond donors (Lipinski definition) is 1. The molecule has 1 aliphatic heterocycles. The van der Waals surface area contributed by atoms with Crippen LogP contribution in [0.25, 0.3) is 6.08 Å². The number of esters is 1. The minimum Gasteiger partial charge on any atom is -0.468 e. The highest BCUT2D eigenvalue weighted by atomic mass is 16.5. The number of hydrogen-bond acceptors (Lipinski definition) is 5. The van der Waals surface area contributed by atoms with Gasteiger partial charge < -0.3 is 14.5 Å². The fourth-order valence-electron chi connectivity index (χ4n) is 1.55. The Morgan fingerprint density at radius 2 is 2.30 bits per heavy atom. The molecule has 20 heavy (non-hydrogen) atoms. The predicted octanol–water partition coefficient (Wildman–Crippen LogP) is 0.901. The number of ether oxygens (including phenoxy) is 1. The molecule has 104 valence electrons. The van der Waals surface area contributed by atoms with Gasteiger partial charge >= 0.3 is 12.0 Å². The molecule has 1 N–H and O–H groups in total. The van der Waals surface area contributed by atoms with Gasteiger partial charge in [-0.25, -0.2) is 9.69 Å². The third-order valence-electron chi connectivity index (χ3n) is 2.54. The molecular formula is C13H12N2O5. The van der Waals surface area contributed by atoms with Crippen molar-refractivity contribution >= 4 is 24.0 Å². The highest BCUT2D eigenvalue weighted by molar-refractivity contribution is 6.13. The summed E-state index contributed by atoms with van der Waals surface area (Å²) in [5.74, 6) is -0.629. The zero-order chi connectivity index (χ0) is 14.5. The van der Waals surface area contributed by atoms with Crippen LogP contribution in [-0.2, 0) is 14.3 Å². The van der Waals surface area contributed by atoms with E-state index in [0.717, 1.165) is 4.90 Å². The van der Waals surface area contributed by atoms with Crippen LogP contribution >= 0.6 is 0 Å². The molecule has 0 unspecified atom stereocenters. The van der Waals surface area contributed by atoms with Gasteiger partial charge in [0.25, 0.3) is 5.91 Å². The van der Waals surface area contributed by atoms with Gasteiger partial charge in [-0.3, -0.25) is 9.59 Å². The average Bonchev–Trinajstić information content (AvgIpc) is 3.03. The largest absolute Gasteiger partial charge is 0.468 e. The van der Waals surface area contributed by atoms with Crippen LogP contribution < -0.4 is 5.32 Å². The highest BCUT2D eigenvalue weighted by Crippen LogP contribution is 2.10. The number of imide groups is 1. The van der Waals surface area contributed by atoms with Gasteiger partial charge in [0.1, 0.15) is 18.0 Å². The van der Waals surface area contributed by atoms with E-state index < -0.39 is 24.5 Å². The fourth-order valence-corrected chi connectivity index (χ4v) is 1.55. The summed E-state index contributed by atoms with van der Waals surface area (Å²) < 4.78 is 9.49. The summed E-state index contributed by atoms with van der Waals surface area (Å²) in [4.78, 5) is 35.3. The van der Waals surface area contributed by atoms with E-state index in [0.29, 0.717) is 5.76 Å². The van der Waals surface area contributed by atoms with Crippen LogP contribution in [0.5, 0.6) is 0 Å². The maximum atomic E-state index is 11.9. The molecule has 2 heterocycles. The summed E-state index contributed by atoms with van der Waals surface area (Å²) in [6.07, 6.45) is 6.15.